The Balaban J connectivity index is -0.000000605. The number of hydrogen-bond acceptors (Lipinski definition) is 7. The molecule has 3 N–H and O–H groups in total. The van der Waals surface area contributed by atoms with Gasteiger partial charge in [-0.3, -0.25) is 0 Å². The maximum Gasteiger partial charge on any atom is 1.00 e. The van der Waals surface area contributed by atoms with Crippen molar-refractivity contribution in [3.63, 3.8) is 0 Å². The zero-order chi connectivity index (χ0) is 9.89. The number of carbonyl (C=O) groups is 2. The number of carboxylic acids is 2. The largest absolute Gasteiger partial charge is 1.00 e. The summed E-state index contributed by atoms with van der Waals surface area (Å²) in [7, 11) is 0. The van der Waals surface area contributed by atoms with Gasteiger partial charge < -0.3 is 35.1 Å². The van der Waals surface area contributed by atoms with Crippen molar-refractivity contribution in [3.8, 4) is 0 Å². The van der Waals surface area contributed by atoms with E-state index in [0.29, 0.717) is 0 Å². The molecule has 0 unspecified atom stereocenters. The molecule has 9 heteroatoms. The van der Waals surface area contributed by atoms with E-state index in [1.807, 2.05) is 0 Å². The summed E-state index contributed by atoms with van der Waals surface area (Å²) in [4.78, 5) is 19.6. The molecule has 0 aromatic carbocycles. The van der Waals surface area contributed by atoms with Crippen molar-refractivity contribution in [1.82, 2.24) is 0 Å². The fraction of sp³-hybridized carbons (Fsp3) is 0.600. The van der Waals surface area contributed by atoms with Gasteiger partial charge in [0.2, 0.25) is 0 Å². The number of carbonyl (C=O) groups excluding carboxylic acids is 2. The van der Waals surface area contributed by atoms with Crippen LogP contribution in [0.5, 0.6) is 0 Å². The normalized spacial score (nSPS) is 13.4. The molecule has 0 saturated carbocycles. The molecule has 0 bridgehead atoms. The first-order valence-electron chi connectivity index (χ1n) is 2.84. The molecule has 0 rings (SSSR count). The monoisotopic (exact) mass is 224 g/mol. The first-order valence-corrected chi connectivity index (χ1v) is 2.84. The Morgan fingerprint density at radius 2 is 1.07 bits per heavy atom. The van der Waals surface area contributed by atoms with Gasteiger partial charge in [0.1, 0.15) is 18.3 Å². The van der Waals surface area contributed by atoms with E-state index in [2.05, 4.69) is 0 Å². The van der Waals surface area contributed by atoms with Crippen LogP contribution >= 0.6 is 0 Å². The van der Waals surface area contributed by atoms with Gasteiger partial charge >= 0.3 is 59.1 Å². The Morgan fingerprint density at radius 1 is 0.857 bits per heavy atom. The molecule has 0 amide bonds. The molecule has 70 valence electrons. The van der Waals surface area contributed by atoms with Crippen molar-refractivity contribution in [1.29, 1.82) is 0 Å². The molecular formula is C5H6Na2O7. The van der Waals surface area contributed by atoms with Gasteiger partial charge in [0.25, 0.3) is 0 Å². The molecule has 0 fully saturated rings. The molecule has 0 spiro atoms. The van der Waals surface area contributed by atoms with Crippen LogP contribution in [-0.4, -0.2) is 45.6 Å². The third kappa shape index (κ3) is 6.33. The van der Waals surface area contributed by atoms with Crippen LogP contribution in [0.2, 0.25) is 0 Å². The van der Waals surface area contributed by atoms with E-state index in [4.69, 9.17) is 15.3 Å². The minimum absolute atomic E-state index is 0. The van der Waals surface area contributed by atoms with E-state index in [9.17, 15) is 19.8 Å². The quantitative estimate of drug-likeness (QED) is 0.402. The molecule has 0 aliphatic heterocycles. The van der Waals surface area contributed by atoms with Gasteiger partial charge in [-0.25, -0.2) is 0 Å². The van der Waals surface area contributed by atoms with Crippen LogP contribution in [0.1, 0.15) is 0 Å². The van der Waals surface area contributed by atoms with Crippen molar-refractivity contribution in [2.45, 2.75) is 18.3 Å². The van der Waals surface area contributed by atoms with Crippen molar-refractivity contribution in [2.24, 2.45) is 0 Å². The second-order valence-corrected chi connectivity index (χ2v) is 2.02. The van der Waals surface area contributed by atoms with Crippen LogP contribution in [0.25, 0.3) is 0 Å². The summed E-state index contributed by atoms with van der Waals surface area (Å²) in [6.07, 6.45) is -7.28. The van der Waals surface area contributed by atoms with Gasteiger partial charge in [0.15, 0.2) is 0 Å². The van der Waals surface area contributed by atoms with Crippen LogP contribution in [0.4, 0.5) is 0 Å². The summed E-state index contributed by atoms with van der Waals surface area (Å²) in [5.74, 6) is -4.16. The Bertz CT molecular complexity index is 177. The molecule has 0 saturated heterocycles. The molecule has 0 aromatic rings. The first-order chi connectivity index (χ1) is 5.37. The maximum atomic E-state index is 9.82. The van der Waals surface area contributed by atoms with Crippen molar-refractivity contribution in [2.75, 3.05) is 0 Å². The van der Waals surface area contributed by atoms with Crippen LogP contribution in [0.15, 0.2) is 0 Å². The van der Waals surface area contributed by atoms with Crippen molar-refractivity contribution >= 4 is 11.9 Å². The fourth-order valence-electron chi connectivity index (χ4n) is 0.452. The Hall–Kier alpha value is 0.820. The average Bonchev–Trinajstić information content (AvgIpc) is 2.00. The maximum absolute atomic E-state index is 9.82. The Morgan fingerprint density at radius 3 is 1.21 bits per heavy atom. The second-order valence-electron chi connectivity index (χ2n) is 2.02. The zero-order valence-corrected chi connectivity index (χ0v) is 11.7. The molecule has 7 nitrogen and oxygen atoms in total. The topological polar surface area (TPSA) is 141 Å². The molecule has 0 radical (unpaired) electrons. The van der Waals surface area contributed by atoms with Gasteiger partial charge in [-0.05, 0) is 0 Å². The fourth-order valence-corrected chi connectivity index (χ4v) is 0.452. The SMILES string of the molecule is O=C([O-])[C@H](O)C(O)[C@@H](O)C(=O)[O-].[Na+].[Na+]. The smallest absolute Gasteiger partial charge is 0.547 e. The number of carboxylic acid groups (broad SMARTS) is 2. The summed E-state index contributed by atoms with van der Waals surface area (Å²) in [5, 5.41) is 45.1. The summed E-state index contributed by atoms with van der Waals surface area (Å²) >= 11 is 0. The minimum atomic E-state index is -2.46. The summed E-state index contributed by atoms with van der Waals surface area (Å²) in [6, 6.07) is 0. The van der Waals surface area contributed by atoms with E-state index >= 15 is 0 Å². The third-order valence-electron chi connectivity index (χ3n) is 1.13. The van der Waals surface area contributed by atoms with Crippen LogP contribution < -0.4 is 69.3 Å². The molecule has 0 aromatic heterocycles. The summed E-state index contributed by atoms with van der Waals surface area (Å²) < 4.78 is 0. The van der Waals surface area contributed by atoms with Gasteiger partial charge in [-0.15, -0.1) is 0 Å². The van der Waals surface area contributed by atoms with Crippen molar-refractivity contribution < 1.29 is 94.2 Å². The van der Waals surface area contributed by atoms with E-state index in [1.165, 1.54) is 0 Å². The van der Waals surface area contributed by atoms with Crippen LogP contribution in [0.3, 0.4) is 0 Å². The minimum Gasteiger partial charge on any atom is -0.547 e. The van der Waals surface area contributed by atoms with Crippen molar-refractivity contribution in [3.05, 3.63) is 0 Å². The molecule has 0 heterocycles. The Kier molecular flexibility index (Phi) is 13.1. The molecule has 0 aliphatic rings. The molecule has 0 aliphatic carbocycles. The second kappa shape index (κ2) is 9.08. The average molecular weight is 224 g/mol. The van der Waals surface area contributed by atoms with Crippen LogP contribution in [0, 0.1) is 0 Å². The first kappa shape index (κ1) is 20.3. The molecular weight excluding hydrogens is 218 g/mol. The standard InChI is InChI=1S/C5H8O7.2Na/c6-1(2(7)4(9)10)3(8)5(11)12;;/h1-3,6-8H,(H,9,10)(H,11,12);;/q;2*+1/p-2/t2-,3-;;/m1../s1. The number of aliphatic carboxylic acids is 2. The van der Waals surface area contributed by atoms with Gasteiger partial charge in [-0.2, -0.15) is 0 Å². The summed E-state index contributed by atoms with van der Waals surface area (Å²) in [5.41, 5.74) is 0. The molecule has 2 atom stereocenters. The number of aliphatic hydroxyl groups is 3. The number of hydrogen-bond donors (Lipinski definition) is 3. The zero-order valence-electron chi connectivity index (χ0n) is 7.71. The predicted molar refractivity (Wildman–Crippen MR) is 28.0 cm³/mol. The van der Waals surface area contributed by atoms with Gasteiger partial charge in [0.05, 0.1) is 11.9 Å². The number of rotatable bonds is 4. The number of aliphatic hydroxyl groups excluding tert-OH is 3. The van der Waals surface area contributed by atoms with Gasteiger partial charge in [-0.1, -0.05) is 0 Å². The van der Waals surface area contributed by atoms with Gasteiger partial charge in [0, 0.05) is 0 Å². The summed E-state index contributed by atoms with van der Waals surface area (Å²) in [6.45, 7) is 0. The predicted octanol–water partition coefficient (Wildman–Crippen LogP) is -11.4. The third-order valence-corrected chi connectivity index (χ3v) is 1.13. The van der Waals surface area contributed by atoms with Crippen LogP contribution in [-0.2, 0) is 9.59 Å². The van der Waals surface area contributed by atoms with E-state index in [-0.39, 0.29) is 59.1 Å². The Labute approximate surface area is 123 Å². The van der Waals surface area contributed by atoms with E-state index in [0.717, 1.165) is 0 Å². The van der Waals surface area contributed by atoms with E-state index < -0.39 is 30.3 Å². The molecule has 14 heavy (non-hydrogen) atoms. The van der Waals surface area contributed by atoms with E-state index in [1.54, 1.807) is 0 Å².